The Balaban J connectivity index is 1.78. The van der Waals surface area contributed by atoms with Gasteiger partial charge in [0.05, 0.1) is 17.6 Å². The van der Waals surface area contributed by atoms with Crippen LogP contribution < -0.4 is 14.8 Å². The highest BCUT2D eigenvalue weighted by Gasteiger charge is 2.15. The molecule has 3 rings (SSSR count). The number of benzene rings is 2. The van der Waals surface area contributed by atoms with E-state index in [9.17, 15) is 0 Å². The maximum atomic E-state index is 6.25. The molecule has 0 aliphatic carbocycles. The molecule has 0 saturated heterocycles. The van der Waals surface area contributed by atoms with Crippen molar-refractivity contribution in [3.8, 4) is 11.5 Å². The Hall–Kier alpha value is -2.29. The van der Waals surface area contributed by atoms with Gasteiger partial charge < -0.3 is 14.8 Å². The Morgan fingerprint density at radius 2 is 2.00 bits per heavy atom. The summed E-state index contributed by atoms with van der Waals surface area (Å²) in [7, 11) is 0. The lowest BCUT2D eigenvalue weighted by molar-refractivity contribution is 0.267. The van der Waals surface area contributed by atoms with Crippen LogP contribution in [0, 0.1) is 0 Å². The summed E-state index contributed by atoms with van der Waals surface area (Å²) in [5.41, 5.74) is 1.68. The molecule has 0 radical (unpaired) electrons. The number of rotatable bonds is 10. The Morgan fingerprint density at radius 1 is 1.23 bits per heavy atom. The van der Waals surface area contributed by atoms with Gasteiger partial charge in [-0.05, 0) is 63.1 Å². The molecule has 0 fully saturated rings. The molecule has 1 aromatic heterocycles. The summed E-state index contributed by atoms with van der Waals surface area (Å²) in [6.45, 7) is 7.33. The van der Waals surface area contributed by atoms with Gasteiger partial charge in [-0.15, -0.1) is 6.58 Å². The van der Waals surface area contributed by atoms with E-state index < -0.39 is 0 Å². The van der Waals surface area contributed by atoms with E-state index in [0.717, 1.165) is 15.6 Å². The number of ether oxygens (including phenoxy) is 2. The minimum atomic E-state index is 0.213. The van der Waals surface area contributed by atoms with E-state index in [0.29, 0.717) is 47.2 Å². The molecule has 0 saturated carbocycles. The first-order chi connectivity index (χ1) is 14.5. The number of allylic oxidation sites excluding steroid dienone is 1. The highest BCUT2D eigenvalue weighted by Crippen LogP contribution is 2.38. The maximum Gasteiger partial charge on any atom is 0.243 e. The summed E-state index contributed by atoms with van der Waals surface area (Å²) >= 11 is 16.1. The monoisotopic (exact) mass is 511 g/mol. The summed E-state index contributed by atoms with van der Waals surface area (Å²) < 4.78 is 14.2. The van der Waals surface area contributed by atoms with Crippen LogP contribution >= 0.6 is 39.1 Å². The molecule has 7 nitrogen and oxygen atoms in total. The van der Waals surface area contributed by atoms with E-state index in [1.54, 1.807) is 29.0 Å². The van der Waals surface area contributed by atoms with E-state index in [-0.39, 0.29) is 6.61 Å². The molecule has 0 aliphatic heterocycles. The van der Waals surface area contributed by atoms with E-state index in [4.69, 9.17) is 32.7 Å². The fourth-order valence-corrected chi connectivity index (χ4v) is 3.81. The Kier molecular flexibility index (Phi) is 7.95. The number of hydrogen-bond acceptors (Lipinski definition) is 6. The summed E-state index contributed by atoms with van der Waals surface area (Å²) in [5.74, 6) is 1.74. The van der Waals surface area contributed by atoms with Gasteiger partial charge >= 0.3 is 0 Å². The van der Waals surface area contributed by atoms with Crippen molar-refractivity contribution < 1.29 is 9.47 Å². The van der Waals surface area contributed by atoms with Gasteiger partial charge in [-0.2, -0.15) is 0 Å². The van der Waals surface area contributed by atoms with Crippen molar-refractivity contribution in [3.05, 3.63) is 68.6 Å². The molecule has 0 aliphatic rings. The van der Waals surface area contributed by atoms with Crippen molar-refractivity contribution >= 4 is 45.1 Å². The topological polar surface area (TPSA) is 74.1 Å². The predicted molar refractivity (Wildman–Crippen MR) is 121 cm³/mol. The molecule has 30 heavy (non-hydrogen) atoms. The number of halogens is 3. The molecular weight excluding hydrogens is 493 g/mol. The lowest BCUT2D eigenvalue weighted by Crippen LogP contribution is -2.09. The number of hydrogen-bond donors (Lipinski definition) is 1. The molecule has 1 N–H and O–H groups in total. The van der Waals surface area contributed by atoms with E-state index in [2.05, 4.69) is 43.4 Å². The van der Waals surface area contributed by atoms with Crippen molar-refractivity contribution in [1.29, 1.82) is 0 Å². The minimum Gasteiger partial charge on any atom is -0.490 e. The van der Waals surface area contributed by atoms with Gasteiger partial charge in [-0.1, -0.05) is 40.4 Å². The van der Waals surface area contributed by atoms with Crippen LogP contribution in [0.25, 0.3) is 0 Å². The summed E-state index contributed by atoms with van der Waals surface area (Å²) in [4.78, 5) is 0. The normalized spacial score (nSPS) is 10.7. The molecule has 2 aromatic carbocycles. The van der Waals surface area contributed by atoms with E-state index in [1.807, 2.05) is 19.1 Å². The van der Waals surface area contributed by atoms with Gasteiger partial charge in [0.25, 0.3) is 0 Å². The number of tetrazole rings is 1. The van der Waals surface area contributed by atoms with E-state index >= 15 is 0 Å². The zero-order chi connectivity index (χ0) is 21.5. The minimum absolute atomic E-state index is 0.213. The second kappa shape index (κ2) is 10.7. The quantitative estimate of drug-likeness (QED) is 0.360. The number of nitrogens with one attached hydrogen (secondary N) is 1. The van der Waals surface area contributed by atoms with Gasteiger partial charge in [-0.3, -0.25) is 0 Å². The van der Waals surface area contributed by atoms with Crippen LogP contribution in [0.2, 0.25) is 10.0 Å². The third-order valence-electron chi connectivity index (χ3n) is 4.08. The standard InChI is InChI=1S/C20H20BrCl2N5O2/c1-3-8-28-20(25-26-27-28)24-11-13-9-15(21)19(18(10-13)29-4-2)30-12-14-16(22)6-5-7-17(14)23/h3,5-7,9-10H,1,4,8,11-12H2,2H3,(H,24,25,27). The zero-order valence-electron chi connectivity index (χ0n) is 16.2. The first-order valence-electron chi connectivity index (χ1n) is 9.15. The molecular formula is C20H20BrCl2N5O2. The van der Waals surface area contributed by atoms with E-state index in [1.165, 1.54) is 0 Å². The fraction of sp³-hybridized carbons (Fsp3) is 0.250. The van der Waals surface area contributed by atoms with Crippen LogP contribution in [0.5, 0.6) is 11.5 Å². The van der Waals surface area contributed by atoms with Crippen LogP contribution in [-0.4, -0.2) is 26.8 Å². The highest BCUT2D eigenvalue weighted by molar-refractivity contribution is 9.10. The van der Waals surface area contributed by atoms with Crippen LogP contribution in [-0.2, 0) is 19.7 Å². The SMILES string of the molecule is C=CCn1nnnc1NCc1cc(Br)c(OCc2c(Cl)cccc2Cl)c(OCC)c1. The Labute approximate surface area is 193 Å². The number of anilines is 1. The molecule has 1 heterocycles. The first kappa shape index (κ1) is 22.4. The van der Waals surface area contributed by atoms with Gasteiger partial charge in [-0.25, -0.2) is 4.68 Å². The highest BCUT2D eigenvalue weighted by atomic mass is 79.9. The van der Waals surface area contributed by atoms with Crippen molar-refractivity contribution in [2.75, 3.05) is 11.9 Å². The van der Waals surface area contributed by atoms with Crippen LogP contribution in [0.3, 0.4) is 0 Å². The van der Waals surface area contributed by atoms with Crippen molar-refractivity contribution in [3.63, 3.8) is 0 Å². The lowest BCUT2D eigenvalue weighted by Gasteiger charge is -2.17. The first-order valence-corrected chi connectivity index (χ1v) is 10.7. The summed E-state index contributed by atoms with van der Waals surface area (Å²) in [6, 6.07) is 9.20. The third-order valence-corrected chi connectivity index (χ3v) is 5.37. The molecule has 10 heteroatoms. The fourth-order valence-electron chi connectivity index (χ4n) is 2.70. The Bertz CT molecular complexity index is 1010. The zero-order valence-corrected chi connectivity index (χ0v) is 19.3. The van der Waals surface area contributed by atoms with Crippen molar-refractivity contribution in [1.82, 2.24) is 20.2 Å². The molecule has 158 valence electrons. The average Bonchev–Trinajstić information content (AvgIpc) is 3.15. The number of aromatic nitrogens is 4. The molecule has 0 unspecified atom stereocenters. The predicted octanol–water partition coefficient (Wildman–Crippen LogP) is 5.52. The van der Waals surface area contributed by atoms with Gasteiger partial charge in [0.15, 0.2) is 11.5 Å². The molecule has 0 atom stereocenters. The third kappa shape index (κ3) is 5.44. The van der Waals surface area contributed by atoms with Gasteiger partial charge in [0.1, 0.15) is 6.61 Å². The number of nitrogens with zero attached hydrogens (tertiary/aromatic N) is 4. The second-order valence-corrected chi connectivity index (χ2v) is 7.82. The van der Waals surface area contributed by atoms with Crippen LogP contribution in [0.15, 0.2) is 47.5 Å². The smallest absolute Gasteiger partial charge is 0.243 e. The molecule has 3 aromatic rings. The molecule has 0 bridgehead atoms. The Morgan fingerprint density at radius 3 is 2.70 bits per heavy atom. The van der Waals surface area contributed by atoms with Crippen molar-refractivity contribution in [2.45, 2.75) is 26.6 Å². The van der Waals surface area contributed by atoms with Gasteiger partial charge in [0.2, 0.25) is 5.95 Å². The maximum absolute atomic E-state index is 6.25. The lowest BCUT2D eigenvalue weighted by atomic mass is 10.2. The second-order valence-electron chi connectivity index (χ2n) is 6.15. The van der Waals surface area contributed by atoms with Crippen molar-refractivity contribution in [2.24, 2.45) is 0 Å². The van der Waals surface area contributed by atoms with Crippen LogP contribution in [0.4, 0.5) is 5.95 Å². The average molecular weight is 513 g/mol. The molecule has 0 spiro atoms. The van der Waals surface area contributed by atoms with Gasteiger partial charge in [0, 0.05) is 22.2 Å². The largest absolute Gasteiger partial charge is 0.490 e. The van der Waals surface area contributed by atoms with Crippen LogP contribution in [0.1, 0.15) is 18.1 Å². The summed E-state index contributed by atoms with van der Waals surface area (Å²) in [5, 5.41) is 15.9. The molecule has 0 amide bonds. The summed E-state index contributed by atoms with van der Waals surface area (Å²) in [6.07, 6.45) is 1.72.